The van der Waals surface area contributed by atoms with Gasteiger partial charge in [0.15, 0.2) is 0 Å². The highest BCUT2D eigenvalue weighted by Crippen LogP contribution is 2.41. The molecule has 1 aromatic rings. The van der Waals surface area contributed by atoms with E-state index in [1.54, 1.807) is 29.9 Å². The molecule has 0 amide bonds. The average Bonchev–Trinajstić information content (AvgIpc) is 3.18. The summed E-state index contributed by atoms with van der Waals surface area (Å²) in [6.45, 7) is 0.546. The molecule has 0 bridgehead atoms. The van der Waals surface area contributed by atoms with Gasteiger partial charge < -0.3 is 9.47 Å². The molecule has 0 spiro atoms. The van der Waals surface area contributed by atoms with E-state index >= 15 is 0 Å². The minimum atomic E-state index is -3.51. The monoisotopic (exact) mass is 382 g/mol. The standard InChI is InChI=1S/C19H30N2O4S/c1-20(15-8-5-4-6-9-15)26(22,23)21-13-7-10-18(21)17-14-16(24-2)11-12-19(17)25-3/h11-12,14-15,18H,4-10,13H2,1-3H3/t18-/m0/s1. The molecule has 0 aromatic heterocycles. The maximum Gasteiger partial charge on any atom is 0.282 e. The summed E-state index contributed by atoms with van der Waals surface area (Å²) in [4.78, 5) is 0. The van der Waals surface area contributed by atoms with Crippen molar-refractivity contribution in [2.75, 3.05) is 27.8 Å². The van der Waals surface area contributed by atoms with E-state index in [-0.39, 0.29) is 12.1 Å². The molecule has 1 aliphatic carbocycles. The van der Waals surface area contributed by atoms with Crippen molar-refractivity contribution in [1.29, 1.82) is 0 Å². The van der Waals surface area contributed by atoms with Crippen molar-refractivity contribution in [2.24, 2.45) is 0 Å². The van der Waals surface area contributed by atoms with E-state index in [1.807, 2.05) is 18.2 Å². The maximum atomic E-state index is 13.3. The second kappa shape index (κ2) is 8.15. The van der Waals surface area contributed by atoms with Crippen LogP contribution in [0.1, 0.15) is 56.6 Å². The third kappa shape index (κ3) is 3.70. The summed E-state index contributed by atoms with van der Waals surface area (Å²) in [7, 11) is 1.46. The third-order valence-corrected chi connectivity index (χ3v) is 7.80. The summed E-state index contributed by atoms with van der Waals surface area (Å²) >= 11 is 0. The lowest BCUT2D eigenvalue weighted by molar-refractivity contribution is 0.258. The van der Waals surface area contributed by atoms with E-state index in [4.69, 9.17) is 9.47 Å². The molecule has 1 heterocycles. The highest BCUT2D eigenvalue weighted by atomic mass is 32.2. The van der Waals surface area contributed by atoms with Crippen molar-refractivity contribution in [3.63, 3.8) is 0 Å². The highest BCUT2D eigenvalue weighted by Gasteiger charge is 2.41. The molecule has 1 aromatic carbocycles. The van der Waals surface area contributed by atoms with Gasteiger partial charge in [-0.2, -0.15) is 17.0 Å². The molecule has 7 heteroatoms. The van der Waals surface area contributed by atoms with E-state index in [9.17, 15) is 8.42 Å². The number of methoxy groups -OCH3 is 2. The topological polar surface area (TPSA) is 59.1 Å². The van der Waals surface area contributed by atoms with Gasteiger partial charge in [0, 0.05) is 25.2 Å². The molecule has 2 aliphatic rings. The Balaban J connectivity index is 1.90. The summed E-state index contributed by atoms with van der Waals surface area (Å²) in [6.07, 6.45) is 6.98. The first kappa shape index (κ1) is 19.5. The van der Waals surface area contributed by atoms with Crippen LogP contribution in [0, 0.1) is 0 Å². The lowest BCUT2D eigenvalue weighted by Crippen LogP contribution is -2.46. The van der Waals surface area contributed by atoms with Crippen LogP contribution in [0.3, 0.4) is 0 Å². The van der Waals surface area contributed by atoms with Gasteiger partial charge in [-0.25, -0.2) is 0 Å². The number of rotatable bonds is 6. The fraction of sp³-hybridized carbons (Fsp3) is 0.684. The van der Waals surface area contributed by atoms with Crippen molar-refractivity contribution >= 4 is 10.2 Å². The number of nitrogens with zero attached hydrogens (tertiary/aromatic N) is 2. The molecule has 6 nitrogen and oxygen atoms in total. The molecule has 2 fully saturated rings. The molecular formula is C19H30N2O4S. The van der Waals surface area contributed by atoms with Crippen LogP contribution in [-0.2, 0) is 10.2 Å². The molecule has 0 unspecified atom stereocenters. The Morgan fingerprint density at radius 2 is 1.77 bits per heavy atom. The van der Waals surface area contributed by atoms with Gasteiger partial charge in [-0.15, -0.1) is 0 Å². The summed E-state index contributed by atoms with van der Waals surface area (Å²) in [5, 5.41) is 0. The van der Waals surface area contributed by atoms with Crippen molar-refractivity contribution in [2.45, 2.75) is 57.0 Å². The van der Waals surface area contributed by atoms with E-state index in [0.717, 1.165) is 44.1 Å². The fourth-order valence-electron chi connectivity index (χ4n) is 4.23. The molecule has 1 saturated carbocycles. The Hall–Kier alpha value is -1.31. The predicted octanol–water partition coefficient (Wildman–Crippen LogP) is 3.35. The van der Waals surface area contributed by atoms with Crippen LogP contribution in [0.5, 0.6) is 11.5 Å². The lowest BCUT2D eigenvalue weighted by Gasteiger charge is -2.35. The zero-order valence-electron chi connectivity index (χ0n) is 16.0. The largest absolute Gasteiger partial charge is 0.497 e. The zero-order chi connectivity index (χ0) is 18.7. The van der Waals surface area contributed by atoms with Crippen LogP contribution in [-0.4, -0.2) is 50.9 Å². The normalized spacial score (nSPS) is 22.7. The van der Waals surface area contributed by atoms with Crippen molar-refractivity contribution in [1.82, 2.24) is 8.61 Å². The van der Waals surface area contributed by atoms with Crippen LogP contribution < -0.4 is 9.47 Å². The molecule has 0 N–H and O–H groups in total. The van der Waals surface area contributed by atoms with Crippen LogP contribution in [0.15, 0.2) is 18.2 Å². The van der Waals surface area contributed by atoms with Crippen LogP contribution >= 0.6 is 0 Å². The quantitative estimate of drug-likeness (QED) is 0.757. The summed E-state index contributed by atoms with van der Waals surface area (Å²) in [5.74, 6) is 1.42. The first-order chi connectivity index (χ1) is 12.5. The van der Waals surface area contributed by atoms with Crippen molar-refractivity contribution in [3.05, 3.63) is 23.8 Å². The van der Waals surface area contributed by atoms with Crippen molar-refractivity contribution in [3.8, 4) is 11.5 Å². The van der Waals surface area contributed by atoms with Crippen molar-refractivity contribution < 1.29 is 17.9 Å². The van der Waals surface area contributed by atoms with Crippen LogP contribution in [0.4, 0.5) is 0 Å². The SMILES string of the molecule is COc1ccc(OC)c([C@@H]2CCCN2S(=O)(=O)N(C)C2CCCCC2)c1. The van der Waals surface area contributed by atoms with Gasteiger partial charge in [-0.3, -0.25) is 0 Å². The first-order valence-electron chi connectivity index (χ1n) is 9.45. The maximum absolute atomic E-state index is 13.3. The second-order valence-corrected chi connectivity index (χ2v) is 9.13. The molecule has 3 rings (SSSR count). The van der Waals surface area contributed by atoms with Crippen LogP contribution in [0.2, 0.25) is 0 Å². The summed E-state index contributed by atoms with van der Waals surface area (Å²) in [6, 6.07) is 5.49. The zero-order valence-corrected chi connectivity index (χ0v) is 16.8. The van der Waals surface area contributed by atoms with E-state index in [1.165, 1.54) is 6.42 Å². The molecule has 26 heavy (non-hydrogen) atoms. The molecule has 1 atom stereocenters. The highest BCUT2D eigenvalue weighted by molar-refractivity contribution is 7.86. The van der Waals surface area contributed by atoms with E-state index in [2.05, 4.69) is 0 Å². The second-order valence-electron chi connectivity index (χ2n) is 7.19. The van der Waals surface area contributed by atoms with E-state index < -0.39 is 10.2 Å². The summed E-state index contributed by atoms with van der Waals surface area (Å²) in [5.41, 5.74) is 0.880. The Morgan fingerprint density at radius 1 is 1.04 bits per heavy atom. The number of hydrogen-bond donors (Lipinski definition) is 0. The van der Waals surface area contributed by atoms with Gasteiger partial charge in [0.2, 0.25) is 0 Å². The van der Waals surface area contributed by atoms with Gasteiger partial charge in [0.25, 0.3) is 10.2 Å². The Kier molecular flexibility index (Phi) is 6.10. The molecular weight excluding hydrogens is 352 g/mol. The fourth-order valence-corrected chi connectivity index (χ4v) is 6.04. The molecule has 1 saturated heterocycles. The molecule has 1 aliphatic heterocycles. The average molecular weight is 383 g/mol. The van der Waals surface area contributed by atoms with Gasteiger partial charge in [0.05, 0.1) is 20.3 Å². The minimum absolute atomic E-state index is 0.113. The third-order valence-electron chi connectivity index (χ3n) is 5.75. The number of benzene rings is 1. The van der Waals surface area contributed by atoms with Crippen LogP contribution in [0.25, 0.3) is 0 Å². The predicted molar refractivity (Wildman–Crippen MR) is 102 cm³/mol. The number of ether oxygens (including phenoxy) is 2. The summed E-state index contributed by atoms with van der Waals surface area (Å²) < 4.78 is 40.8. The van der Waals surface area contributed by atoms with Gasteiger partial charge in [0.1, 0.15) is 11.5 Å². The Bertz CT molecular complexity index is 716. The lowest BCUT2D eigenvalue weighted by atomic mass is 9.96. The number of hydrogen-bond acceptors (Lipinski definition) is 4. The molecule has 0 radical (unpaired) electrons. The Labute approximate surface area is 157 Å². The minimum Gasteiger partial charge on any atom is -0.497 e. The molecule has 146 valence electrons. The van der Waals surface area contributed by atoms with Gasteiger partial charge >= 0.3 is 0 Å². The smallest absolute Gasteiger partial charge is 0.282 e. The first-order valence-corrected chi connectivity index (χ1v) is 10.9. The Morgan fingerprint density at radius 3 is 2.42 bits per heavy atom. The van der Waals surface area contributed by atoms with Gasteiger partial charge in [-0.1, -0.05) is 19.3 Å². The van der Waals surface area contributed by atoms with Gasteiger partial charge in [-0.05, 0) is 43.9 Å². The van der Waals surface area contributed by atoms with E-state index in [0.29, 0.717) is 18.0 Å².